The van der Waals surface area contributed by atoms with Crippen molar-refractivity contribution in [3.8, 4) is 5.75 Å². The Bertz CT molecular complexity index is 361. The highest BCUT2D eigenvalue weighted by Gasteiger charge is 2.16. The lowest BCUT2D eigenvalue weighted by Crippen LogP contribution is -2.39. The molecule has 0 saturated heterocycles. The Kier molecular flexibility index (Phi) is 4.33. The highest BCUT2D eigenvalue weighted by molar-refractivity contribution is 5.42. The van der Waals surface area contributed by atoms with Crippen molar-refractivity contribution in [2.24, 2.45) is 5.73 Å². The van der Waals surface area contributed by atoms with Gasteiger partial charge in [0.05, 0.1) is 6.61 Å². The number of ether oxygens (including phenoxy) is 1. The minimum absolute atomic E-state index is 0.0654. The fraction of sp³-hybridized carbons (Fsp3) is 0.538. The minimum atomic E-state index is -0.347. The largest absolute Gasteiger partial charge is 0.486 e. The molecule has 0 spiro atoms. The van der Waals surface area contributed by atoms with Gasteiger partial charge in [0.25, 0.3) is 0 Å². The summed E-state index contributed by atoms with van der Waals surface area (Å²) in [5.41, 5.74) is 9.18. The molecule has 0 radical (unpaired) electrons. The van der Waals surface area contributed by atoms with Crippen LogP contribution in [0.2, 0.25) is 0 Å². The van der Waals surface area contributed by atoms with E-state index in [1.807, 2.05) is 26.8 Å². The highest BCUT2D eigenvalue weighted by atomic mass is 16.5. The SMILES string of the molecule is Cc1cc(C)c(C)c(OC(CO)C(C)N)c1. The van der Waals surface area contributed by atoms with Crippen LogP contribution in [0.5, 0.6) is 5.75 Å². The van der Waals surface area contributed by atoms with Crippen molar-refractivity contribution in [1.29, 1.82) is 0 Å². The third kappa shape index (κ3) is 2.97. The lowest BCUT2D eigenvalue weighted by molar-refractivity contribution is 0.0983. The average molecular weight is 223 g/mol. The Labute approximate surface area is 97.2 Å². The van der Waals surface area contributed by atoms with E-state index in [1.165, 1.54) is 5.56 Å². The standard InChI is InChI=1S/C13H21NO2/c1-8-5-9(2)10(3)12(6-8)16-13(7-15)11(4)14/h5-6,11,13,15H,7,14H2,1-4H3. The first-order chi connectivity index (χ1) is 7.45. The van der Waals surface area contributed by atoms with Crippen molar-refractivity contribution in [3.63, 3.8) is 0 Å². The Hall–Kier alpha value is -1.06. The number of aryl methyl sites for hydroxylation is 2. The van der Waals surface area contributed by atoms with Gasteiger partial charge in [-0.3, -0.25) is 0 Å². The van der Waals surface area contributed by atoms with E-state index in [2.05, 4.69) is 13.0 Å². The summed E-state index contributed by atoms with van der Waals surface area (Å²) < 4.78 is 5.74. The van der Waals surface area contributed by atoms with Gasteiger partial charge < -0.3 is 15.6 Å². The summed E-state index contributed by atoms with van der Waals surface area (Å²) >= 11 is 0. The lowest BCUT2D eigenvalue weighted by Gasteiger charge is -2.22. The van der Waals surface area contributed by atoms with Crippen LogP contribution in [0, 0.1) is 20.8 Å². The minimum Gasteiger partial charge on any atom is -0.486 e. The maximum absolute atomic E-state index is 9.18. The third-order valence-electron chi connectivity index (χ3n) is 2.81. The molecule has 0 heterocycles. The Morgan fingerprint density at radius 2 is 1.94 bits per heavy atom. The van der Waals surface area contributed by atoms with Crippen molar-refractivity contribution in [2.75, 3.05) is 6.61 Å². The van der Waals surface area contributed by atoms with Gasteiger partial charge in [-0.15, -0.1) is 0 Å². The van der Waals surface area contributed by atoms with E-state index in [1.54, 1.807) is 0 Å². The zero-order valence-electron chi connectivity index (χ0n) is 10.4. The zero-order valence-corrected chi connectivity index (χ0v) is 10.4. The Morgan fingerprint density at radius 1 is 1.31 bits per heavy atom. The molecule has 0 aromatic heterocycles. The fourth-order valence-electron chi connectivity index (χ4n) is 1.60. The number of benzene rings is 1. The molecular formula is C13H21NO2. The molecule has 0 aliphatic carbocycles. The highest BCUT2D eigenvalue weighted by Crippen LogP contribution is 2.24. The van der Waals surface area contributed by atoms with Crippen molar-refractivity contribution in [2.45, 2.75) is 39.8 Å². The molecule has 0 bridgehead atoms. The third-order valence-corrected chi connectivity index (χ3v) is 2.81. The van der Waals surface area contributed by atoms with E-state index in [-0.39, 0.29) is 18.8 Å². The summed E-state index contributed by atoms with van der Waals surface area (Å²) in [4.78, 5) is 0. The first kappa shape index (κ1) is 13.0. The van der Waals surface area contributed by atoms with Crippen LogP contribution in [0.25, 0.3) is 0 Å². The Morgan fingerprint density at radius 3 is 2.44 bits per heavy atom. The molecule has 0 saturated carbocycles. The van der Waals surface area contributed by atoms with Crippen LogP contribution in [0.3, 0.4) is 0 Å². The fourth-order valence-corrected chi connectivity index (χ4v) is 1.60. The van der Waals surface area contributed by atoms with Crippen molar-refractivity contribution < 1.29 is 9.84 Å². The quantitative estimate of drug-likeness (QED) is 0.817. The summed E-state index contributed by atoms with van der Waals surface area (Å²) in [6, 6.07) is 3.90. The van der Waals surface area contributed by atoms with Crippen molar-refractivity contribution >= 4 is 0 Å². The summed E-state index contributed by atoms with van der Waals surface area (Å²) in [5.74, 6) is 0.814. The molecule has 0 fully saturated rings. The molecule has 16 heavy (non-hydrogen) atoms. The van der Waals surface area contributed by atoms with Crippen LogP contribution in [0.1, 0.15) is 23.6 Å². The Balaban J connectivity index is 2.96. The lowest BCUT2D eigenvalue weighted by atomic mass is 10.1. The van der Waals surface area contributed by atoms with Gasteiger partial charge in [-0.2, -0.15) is 0 Å². The molecular weight excluding hydrogens is 202 g/mol. The van der Waals surface area contributed by atoms with Crippen LogP contribution in [-0.4, -0.2) is 23.9 Å². The van der Waals surface area contributed by atoms with E-state index in [4.69, 9.17) is 10.5 Å². The molecule has 90 valence electrons. The van der Waals surface area contributed by atoms with Crippen molar-refractivity contribution in [1.82, 2.24) is 0 Å². The van der Waals surface area contributed by atoms with E-state index in [0.29, 0.717) is 0 Å². The molecule has 3 N–H and O–H groups in total. The number of hydrogen-bond donors (Lipinski definition) is 2. The summed E-state index contributed by atoms with van der Waals surface area (Å²) in [5, 5.41) is 9.18. The molecule has 1 rings (SSSR count). The van der Waals surface area contributed by atoms with Gasteiger partial charge in [-0.1, -0.05) is 6.07 Å². The average Bonchev–Trinajstić information content (AvgIpc) is 2.20. The van der Waals surface area contributed by atoms with Crippen LogP contribution in [-0.2, 0) is 0 Å². The predicted molar refractivity (Wildman–Crippen MR) is 65.8 cm³/mol. The molecule has 1 aromatic rings. The molecule has 3 nitrogen and oxygen atoms in total. The van der Waals surface area contributed by atoms with E-state index in [9.17, 15) is 5.11 Å². The smallest absolute Gasteiger partial charge is 0.136 e. The van der Waals surface area contributed by atoms with Gasteiger partial charge in [0.1, 0.15) is 11.9 Å². The van der Waals surface area contributed by atoms with Crippen LogP contribution in [0.15, 0.2) is 12.1 Å². The van der Waals surface area contributed by atoms with Gasteiger partial charge in [0, 0.05) is 6.04 Å². The number of hydrogen-bond acceptors (Lipinski definition) is 3. The van der Waals surface area contributed by atoms with Crippen LogP contribution >= 0.6 is 0 Å². The second-order valence-corrected chi connectivity index (χ2v) is 4.40. The molecule has 1 aromatic carbocycles. The second-order valence-electron chi connectivity index (χ2n) is 4.40. The maximum atomic E-state index is 9.18. The molecule has 2 unspecified atom stereocenters. The summed E-state index contributed by atoms with van der Waals surface area (Å²) in [6.45, 7) is 7.86. The van der Waals surface area contributed by atoms with Crippen LogP contribution in [0.4, 0.5) is 0 Å². The molecule has 3 heteroatoms. The first-order valence-electron chi connectivity index (χ1n) is 5.56. The van der Waals surface area contributed by atoms with Gasteiger partial charge in [-0.05, 0) is 50.5 Å². The van der Waals surface area contributed by atoms with E-state index >= 15 is 0 Å². The predicted octanol–water partition coefficient (Wildman–Crippen LogP) is 1.70. The second kappa shape index (κ2) is 5.32. The number of aliphatic hydroxyl groups excluding tert-OH is 1. The van der Waals surface area contributed by atoms with Gasteiger partial charge in [0.2, 0.25) is 0 Å². The number of nitrogens with two attached hydrogens (primary N) is 1. The monoisotopic (exact) mass is 223 g/mol. The first-order valence-corrected chi connectivity index (χ1v) is 5.56. The van der Waals surface area contributed by atoms with Gasteiger partial charge in [-0.25, -0.2) is 0 Å². The van der Waals surface area contributed by atoms with E-state index in [0.717, 1.165) is 16.9 Å². The molecule has 2 atom stereocenters. The van der Waals surface area contributed by atoms with Crippen LogP contribution < -0.4 is 10.5 Å². The molecule has 0 aliphatic heterocycles. The topological polar surface area (TPSA) is 55.5 Å². The maximum Gasteiger partial charge on any atom is 0.136 e. The number of aliphatic hydroxyl groups is 1. The zero-order chi connectivity index (χ0) is 12.3. The molecule has 0 aliphatic rings. The van der Waals surface area contributed by atoms with Gasteiger partial charge >= 0.3 is 0 Å². The molecule has 0 amide bonds. The van der Waals surface area contributed by atoms with Crippen molar-refractivity contribution in [3.05, 3.63) is 28.8 Å². The normalized spacial score (nSPS) is 14.6. The summed E-state index contributed by atoms with van der Waals surface area (Å²) in [6.07, 6.45) is -0.347. The number of rotatable bonds is 4. The van der Waals surface area contributed by atoms with Gasteiger partial charge in [0.15, 0.2) is 0 Å². The summed E-state index contributed by atoms with van der Waals surface area (Å²) in [7, 11) is 0. The van der Waals surface area contributed by atoms with E-state index < -0.39 is 0 Å².